The molecule has 0 N–H and O–H groups in total. The molecule has 0 spiro atoms. The average molecular weight is 176 g/mol. The zero-order chi connectivity index (χ0) is 9.26. The van der Waals surface area contributed by atoms with Crippen LogP contribution in [-0.4, -0.2) is 9.97 Å². The molecule has 3 heteroatoms. The molecule has 0 radical (unpaired) electrons. The number of hydrogen-bond donors (Lipinski definition) is 0. The van der Waals surface area contributed by atoms with Crippen LogP contribution in [0.2, 0.25) is 0 Å². The summed E-state index contributed by atoms with van der Waals surface area (Å²) < 4.78 is 12.8. The van der Waals surface area contributed by atoms with E-state index in [-0.39, 0.29) is 5.82 Å². The van der Waals surface area contributed by atoms with Crippen molar-refractivity contribution in [3.63, 3.8) is 0 Å². The van der Waals surface area contributed by atoms with Gasteiger partial charge in [0.1, 0.15) is 5.82 Å². The second-order valence-corrected chi connectivity index (χ2v) is 2.85. The molecule has 0 saturated carbocycles. The van der Waals surface area contributed by atoms with Crippen LogP contribution in [0, 0.1) is 5.82 Å². The summed E-state index contributed by atoms with van der Waals surface area (Å²) in [6, 6.07) is 4.43. The fourth-order valence-electron chi connectivity index (χ4n) is 1.19. The Bertz CT molecular complexity index is 440. The molecule has 1 aromatic heterocycles. The van der Waals surface area contributed by atoms with Crippen LogP contribution in [0.15, 0.2) is 24.4 Å². The number of halogens is 1. The highest BCUT2D eigenvalue weighted by Gasteiger charge is 1.99. The molecule has 2 nitrogen and oxygen atoms in total. The number of benzene rings is 1. The number of nitrogens with zero attached hydrogens (tertiary/aromatic N) is 2. The van der Waals surface area contributed by atoms with Crippen molar-refractivity contribution in [2.75, 3.05) is 0 Å². The molecule has 0 unspecified atom stereocenters. The molecule has 1 heterocycles. The van der Waals surface area contributed by atoms with Crippen LogP contribution in [0.4, 0.5) is 4.39 Å². The van der Waals surface area contributed by atoms with Crippen molar-refractivity contribution in [3.8, 4) is 0 Å². The molecule has 0 aliphatic heterocycles. The molecule has 0 bridgehead atoms. The fourth-order valence-corrected chi connectivity index (χ4v) is 1.19. The van der Waals surface area contributed by atoms with E-state index in [0.29, 0.717) is 5.52 Å². The van der Waals surface area contributed by atoms with Crippen molar-refractivity contribution in [3.05, 3.63) is 35.9 Å². The number of fused-ring (bicyclic) bond motifs is 1. The normalized spacial score (nSPS) is 10.6. The molecule has 2 rings (SSSR count). The van der Waals surface area contributed by atoms with Gasteiger partial charge >= 0.3 is 0 Å². The summed E-state index contributed by atoms with van der Waals surface area (Å²) in [4.78, 5) is 8.42. The predicted molar refractivity (Wildman–Crippen MR) is 48.9 cm³/mol. The van der Waals surface area contributed by atoms with Gasteiger partial charge in [-0.1, -0.05) is 6.92 Å². The zero-order valence-corrected chi connectivity index (χ0v) is 7.29. The van der Waals surface area contributed by atoms with E-state index in [1.165, 1.54) is 12.1 Å². The molecular weight excluding hydrogens is 167 g/mol. The first-order valence-corrected chi connectivity index (χ1v) is 4.21. The van der Waals surface area contributed by atoms with Crippen molar-refractivity contribution in [2.24, 2.45) is 0 Å². The lowest BCUT2D eigenvalue weighted by atomic mass is 10.2. The summed E-state index contributed by atoms with van der Waals surface area (Å²) in [7, 11) is 0. The van der Waals surface area contributed by atoms with Gasteiger partial charge in [-0.15, -0.1) is 0 Å². The molecule has 13 heavy (non-hydrogen) atoms. The van der Waals surface area contributed by atoms with Gasteiger partial charge in [-0.2, -0.15) is 0 Å². The van der Waals surface area contributed by atoms with Gasteiger partial charge in [0.25, 0.3) is 0 Å². The molecule has 0 fully saturated rings. The molecule has 0 saturated heterocycles. The quantitative estimate of drug-likeness (QED) is 0.666. The van der Waals surface area contributed by atoms with E-state index in [9.17, 15) is 4.39 Å². The van der Waals surface area contributed by atoms with E-state index in [1.807, 2.05) is 6.92 Å². The first kappa shape index (κ1) is 8.10. The summed E-state index contributed by atoms with van der Waals surface area (Å²) in [5, 5.41) is 0. The van der Waals surface area contributed by atoms with Gasteiger partial charge in [-0.3, -0.25) is 4.98 Å². The van der Waals surface area contributed by atoms with Crippen molar-refractivity contribution in [1.82, 2.24) is 9.97 Å². The van der Waals surface area contributed by atoms with Gasteiger partial charge in [0, 0.05) is 12.3 Å². The van der Waals surface area contributed by atoms with E-state index in [4.69, 9.17) is 0 Å². The number of rotatable bonds is 1. The monoisotopic (exact) mass is 176 g/mol. The maximum Gasteiger partial charge on any atom is 0.125 e. The van der Waals surface area contributed by atoms with Crippen molar-refractivity contribution in [2.45, 2.75) is 13.3 Å². The largest absolute Gasteiger partial charge is 0.253 e. The van der Waals surface area contributed by atoms with Crippen LogP contribution < -0.4 is 0 Å². The molecular formula is C10H9FN2. The minimum atomic E-state index is -0.268. The van der Waals surface area contributed by atoms with Crippen LogP contribution in [-0.2, 0) is 6.42 Å². The second kappa shape index (κ2) is 3.09. The molecule has 1 aromatic carbocycles. The third-order valence-corrected chi connectivity index (χ3v) is 1.92. The van der Waals surface area contributed by atoms with E-state index in [0.717, 1.165) is 17.6 Å². The highest BCUT2D eigenvalue weighted by molar-refractivity contribution is 5.73. The van der Waals surface area contributed by atoms with E-state index in [2.05, 4.69) is 9.97 Å². The van der Waals surface area contributed by atoms with E-state index < -0.39 is 0 Å². The lowest BCUT2D eigenvalue weighted by Crippen LogP contribution is -1.91. The number of hydrogen-bond acceptors (Lipinski definition) is 2. The third-order valence-electron chi connectivity index (χ3n) is 1.92. The fraction of sp³-hybridized carbons (Fsp3) is 0.200. The zero-order valence-electron chi connectivity index (χ0n) is 7.29. The lowest BCUT2D eigenvalue weighted by molar-refractivity contribution is 0.629. The molecule has 0 aliphatic carbocycles. The lowest BCUT2D eigenvalue weighted by Gasteiger charge is -1.98. The first-order valence-electron chi connectivity index (χ1n) is 4.21. The Hall–Kier alpha value is -1.51. The summed E-state index contributed by atoms with van der Waals surface area (Å²) in [6.07, 6.45) is 2.54. The second-order valence-electron chi connectivity index (χ2n) is 2.85. The van der Waals surface area contributed by atoms with Crippen LogP contribution in [0.25, 0.3) is 11.0 Å². The third kappa shape index (κ3) is 1.49. The van der Waals surface area contributed by atoms with Crippen LogP contribution in [0.3, 0.4) is 0 Å². The number of aromatic nitrogens is 2. The Labute approximate surface area is 75.4 Å². The van der Waals surface area contributed by atoms with Crippen LogP contribution in [0.1, 0.15) is 12.6 Å². The van der Waals surface area contributed by atoms with Gasteiger partial charge in [-0.25, -0.2) is 9.37 Å². The Morgan fingerprint density at radius 2 is 2.15 bits per heavy atom. The molecule has 66 valence electrons. The predicted octanol–water partition coefficient (Wildman–Crippen LogP) is 2.33. The van der Waals surface area contributed by atoms with Crippen molar-refractivity contribution < 1.29 is 4.39 Å². The Morgan fingerprint density at radius 3 is 2.92 bits per heavy atom. The highest BCUT2D eigenvalue weighted by Crippen LogP contribution is 2.11. The Morgan fingerprint density at radius 1 is 1.31 bits per heavy atom. The first-order chi connectivity index (χ1) is 6.29. The summed E-state index contributed by atoms with van der Waals surface area (Å²) >= 11 is 0. The van der Waals surface area contributed by atoms with Crippen LogP contribution >= 0.6 is 0 Å². The summed E-state index contributed by atoms with van der Waals surface area (Å²) in [5.74, 6) is -0.268. The van der Waals surface area contributed by atoms with Gasteiger partial charge in [0.05, 0.1) is 16.7 Å². The van der Waals surface area contributed by atoms with Crippen molar-refractivity contribution >= 4 is 11.0 Å². The van der Waals surface area contributed by atoms with Crippen molar-refractivity contribution in [1.29, 1.82) is 0 Å². The Kier molecular flexibility index (Phi) is 1.93. The highest BCUT2D eigenvalue weighted by atomic mass is 19.1. The van der Waals surface area contributed by atoms with E-state index >= 15 is 0 Å². The summed E-state index contributed by atoms with van der Waals surface area (Å²) in [5.41, 5.74) is 2.25. The minimum absolute atomic E-state index is 0.268. The van der Waals surface area contributed by atoms with Gasteiger partial charge in [0.15, 0.2) is 0 Å². The average Bonchev–Trinajstić information content (AvgIpc) is 2.16. The molecule has 2 aromatic rings. The maximum atomic E-state index is 12.8. The topological polar surface area (TPSA) is 25.8 Å². The Balaban J connectivity index is 2.68. The van der Waals surface area contributed by atoms with Crippen LogP contribution in [0.5, 0.6) is 0 Å². The summed E-state index contributed by atoms with van der Waals surface area (Å²) in [6.45, 7) is 2.00. The SMILES string of the molecule is CCc1cnc2ccc(F)cc2n1. The molecule has 0 aliphatic rings. The molecule has 0 amide bonds. The standard InChI is InChI=1S/C10H9FN2/c1-2-8-6-12-9-4-3-7(11)5-10(9)13-8/h3-6H,2H2,1H3. The number of aryl methyl sites for hydroxylation is 1. The van der Waals surface area contributed by atoms with Gasteiger partial charge < -0.3 is 0 Å². The molecule has 0 atom stereocenters. The van der Waals surface area contributed by atoms with Gasteiger partial charge in [-0.05, 0) is 18.6 Å². The van der Waals surface area contributed by atoms with E-state index in [1.54, 1.807) is 12.3 Å². The smallest absolute Gasteiger partial charge is 0.125 e. The van der Waals surface area contributed by atoms with Gasteiger partial charge in [0.2, 0.25) is 0 Å². The maximum absolute atomic E-state index is 12.8. The minimum Gasteiger partial charge on any atom is -0.253 e.